The molecular formula is C4H5Cl2O2. The molecule has 0 rings (SSSR count). The highest BCUT2D eigenvalue weighted by molar-refractivity contribution is 6.28. The predicted molar refractivity (Wildman–Crippen MR) is 32.0 cm³/mol. The average molecular weight is 156 g/mol. The summed E-state index contributed by atoms with van der Waals surface area (Å²) in [5.41, 5.74) is 0. The van der Waals surface area contributed by atoms with Crippen molar-refractivity contribution in [1.29, 1.82) is 0 Å². The Kier molecular flexibility index (Phi) is 5.22. The smallest absolute Gasteiger partial charge is 0.417 e. The van der Waals surface area contributed by atoms with Crippen molar-refractivity contribution < 1.29 is 9.53 Å². The molecule has 0 aromatic heterocycles. The highest BCUT2D eigenvalue weighted by Crippen LogP contribution is 1.97. The molecule has 0 amide bonds. The third-order valence-electron chi connectivity index (χ3n) is 0.491. The number of halogens is 2. The normalized spacial score (nSPS) is 12.8. The van der Waals surface area contributed by atoms with Gasteiger partial charge in [0, 0.05) is 5.88 Å². The molecule has 0 saturated heterocycles. The first-order valence-corrected chi connectivity index (χ1v) is 2.97. The van der Waals surface area contributed by atoms with E-state index in [1.165, 1.54) is 6.47 Å². The molecule has 0 aliphatic heterocycles. The number of hydrogen-bond donors (Lipinski definition) is 0. The molecule has 0 bridgehead atoms. The first-order valence-electron chi connectivity index (χ1n) is 2.00. The first kappa shape index (κ1) is 8.05. The minimum Gasteiger partial charge on any atom is -0.456 e. The molecule has 1 radical (unpaired) electrons. The van der Waals surface area contributed by atoms with Crippen LogP contribution in [0, 0.1) is 0 Å². The van der Waals surface area contributed by atoms with Gasteiger partial charge >= 0.3 is 6.47 Å². The molecular weight excluding hydrogens is 151 g/mol. The van der Waals surface area contributed by atoms with Gasteiger partial charge in [0.2, 0.25) is 0 Å². The average Bonchev–Trinajstić information content (AvgIpc) is 1.83. The van der Waals surface area contributed by atoms with Crippen LogP contribution in [-0.2, 0) is 9.53 Å². The summed E-state index contributed by atoms with van der Waals surface area (Å²) in [5, 5.41) is -0.293. The lowest BCUT2D eigenvalue weighted by Gasteiger charge is -1.99. The molecule has 0 aliphatic rings. The van der Waals surface area contributed by atoms with Crippen LogP contribution in [0.4, 0.5) is 0 Å². The molecule has 0 spiro atoms. The number of ether oxygens (including phenoxy) is 1. The van der Waals surface area contributed by atoms with Gasteiger partial charge in [0.15, 0.2) is 0 Å². The van der Waals surface area contributed by atoms with Gasteiger partial charge in [-0.25, -0.2) is 4.79 Å². The molecule has 1 atom stereocenters. The molecule has 0 aromatic carbocycles. The molecule has 0 fully saturated rings. The van der Waals surface area contributed by atoms with E-state index in [1.54, 1.807) is 0 Å². The molecule has 8 heavy (non-hydrogen) atoms. The zero-order valence-electron chi connectivity index (χ0n) is 4.06. The first-order chi connectivity index (χ1) is 3.81. The van der Waals surface area contributed by atoms with E-state index in [4.69, 9.17) is 23.2 Å². The SMILES string of the molecule is O=[C]OCC(Cl)CCl. The lowest BCUT2D eigenvalue weighted by atomic mass is 10.5. The maximum atomic E-state index is 9.38. The van der Waals surface area contributed by atoms with Crippen LogP contribution in [-0.4, -0.2) is 24.3 Å². The van der Waals surface area contributed by atoms with Crippen LogP contribution in [0.5, 0.6) is 0 Å². The minimum atomic E-state index is -0.293. The van der Waals surface area contributed by atoms with E-state index in [0.29, 0.717) is 0 Å². The fourth-order valence-corrected chi connectivity index (χ4v) is 0.321. The summed E-state index contributed by atoms with van der Waals surface area (Å²) in [7, 11) is 0. The maximum absolute atomic E-state index is 9.38. The van der Waals surface area contributed by atoms with E-state index in [-0.39, 0.29) is 17.9 Å². The molecule has 0 N–H and O–H groups in total. The van der Waals surface area contributed by atoms with E-state index in [9.17, 15) is 4.79 Å². The van der Waals surface area contributed by atoms with Crippen molar-refractivity contribution in [1.82, 2.24) is 0 Å². The molecule has 2 nitrogen and oxygen atoms in total. The molecule has 0 aromatic rings. The van der Waals surface area contributed by atoms with Gasteiger partial charge in [-0.3, -0.25) is 0 Å². The van der Waals surface area contributed by atoms with Crippen molar-refractivity contribution in [2.24, 2.45) is 0 Å². The van der Waals surface area contributed by atoms with E-state index < -0.39 is 0 Å². The van der Waals surface area contributed by atoms with Gasteiger partial charge in [-0.1, -0.05) is 0 Å². The Bertz CT molecular complexity index is 67.1. The van der Waals surface area contributed by atoms with E-state index in [1.807, 2.05) is 0 Å². The molecule has 0 aliphatic carbocycles. The highest BCUT2D eigenvalue weighted by Gasteiger charge is 2.00. The van der Waals surface area contributed by atoms with Crippen LogP contribution in [0.3, 0.4) is 0 Å². The summed E-state index contributed by atoms with van der Waals surface area (Å²) < 4.78 is 4.16. The monoisotopic (exact) mass is 155 g/mol. The largest absolute Gasteiger partial charge is 0.456 e. The van der Waals surface area contributed by atoms with Crippen molar-refractivity contribution in [2.75, 3.05) is 12.5 Å². The summed E-state index contributed by atoms with van der Waals surface area (Å²) in [6, 6.07) is 0. The molecule has 0 saturated carbocycles. The van der Waals surface area contributed by atoms with Gasteiger partial charge in [0.05, 0.1) is 5.38 Å². The van der Waals surface area contributed by atoms with E-state index in [2.05, 4.69) is 4.74 Å². The van der Waals surface area contributed by atoms with Gasteiger partial charge in [0.1, 0.15) is 6.61 Å². The zero-order valence-corrected chi connectivity index (χ0v) is 5.58. The second-order valence-electron chi connectivity index (χ2n) is 1.15. The molecule has 47 valence electrons. The summed E-state index contributed by atoms with van der Waals surface area (Å²) in [5.74, 6) is 0.281. The second-order valence-corrected chi connectivity index (χ2v) is 2.07. The summed E-state index contributed by atoms with van der Waals surface area (Å²) in [6.07, 6.45) is 0. The van der Waals surface area contributed by atoms with Crippen LogP contribution >= 0.6 is 23.2 Å². The third-order valence-corrected chi connectivity index (χ3v) is 1.30. The van der Waals surface area contributed by atoms with Gasteiger partial charge < -0.3 is 4.74 Å². The van der Waals surface area contributed by atoms with E-state index in [0.717, 1.165) is 0 Å². The van der Waals surface area contributed by atoms with E-state index >= 15 is 0 Å². The summed E-state index contributed by atoms with van der Waals surface area (Å²) >= 11 is 10.7. The van der Waals surface area contributed by atoms with Crippen LogP contribution in [0.2, 0.25) is 0 Å². The fourth-order valence-electron chi connectivity index (χ4n) is 0.169. The third kappa shape index (κ3) is 4.22. The number of rotatable bonds is 4. The van der Waals surface area contributed by atoms with Crippen LogP contribution < -0.4 is 0 Å². The Labute approximate surface area is 57.7 Å². The standard InChI is InChI=1S/C4H5Cl2O2/c5-1-4(6)2-8-3-7/h4H,1-2H2. The Morgan fingerprint density at radius 1 is 1.75 bits per heavy atom. The molecule has 4 heteroatoms. The molecule has 0 heterocycles. The Balaban J connectivity index is 2.97. The predicted octanol–water partition coefficient (Wildman–Crippen LogP) is 0.916. The fraction of sp³-hybridized carbons (Fsp3) is 0.750. The molecule has 1 unspecified atom stereocenters. The highest BCUT2D eigenvalue weighted by atomic mass is 35.5. The van der Waals surface area contributed by atoms with Crippen molar-refractivity contribution in [3.8, 4) is 0 Å². The lowest BCUT2D eigenvalue weighted by Crippen LogP contribution is -2.09. The Morgan fingerprint density at radius 3 is 2.75 bits per heavy atom. The van der Waals surface area contributed by atoms with Crippen molar-refractivity contribution >= 4 is 29.7 Å². The van der Waals surface area contributed by atoms with Gasteiger partial charge in [-0.05, 0) is 0 Å². The summed E-state index contributed by atoms with van der Waals surface area (Å²) in [6.45, 7) is 1.37. The Hall–Kier alpha value is 0.0500. The number of carbonyl (C=O) groups excluding carboxylic acids is 1. The minimum absolute atomic E-state index is 0.133. The maximum Gasteiger partial charge on any atom is 0.417 e. The van der Waals surface area contributed by atoms with Crippen LogP contribution in [0.15, 0.2) is 0 Å². The zero-order chi connectivity index (χ0) is 6.41. The van der Waals surface area contributed by atoms with Crippen molar-refractivity contribution in [3.63, 3.8) is 0 Å². The Morgan fingerprint density at radius 2 is 2.38 bits per heavy atom. The second kappa shape index (κ2) is 5.19. The summed E-state index contributed by atoms with van der Waals surface area (Å²) in [4.78, 5) is 9.38. The number of alkyl halides is 2. The van der Waals surface area contributed by atoms with Crippen molar-refractivity contribution in [3.05, 3.63) is 0 Å². The van der Waals surface area contributed by atoms with Crippen LogP contribution in [0.25, 0.3) is 0 Å². The number of hydrogen-bond acceptors (Lipinski definition) is 2. The quantitative estimate of drug-likeness (QED) is 0.565. The van der Waals surface area contributed by atoms with Gasteiger partial charge in [-0.15, -0.1) is 23.2 Å². The van der Waals surface area contributed by atoms with Crippen molar-refractivity contribution in [2.45, 2.75) is 5.38 Å². The lowest BCUT2D eigenvalue weighted by molar-refractivity contribution is 0.281. The van der Waals surface area contributed by atoms with Crippen LogP contribution in [0.1, 0.15) is 0 Å². The van der Waals surface area contributed by atoms with Gasteiger partial charge in [-0.2, -0.15) is 0 Å². The van der Waals surface area contributed by atoms with Gasteiger partial charge in [0.25, 0.3) is 0 Å². The topological polar surface area (TPSA) is 26.3 Å².